The van der Waals surface area contributed by atoms with E-state index in [9.17, 15) is 19.2 Å². The van der Waals surface area contributed by atoms with E-state index >= 15 is 0 Å². The van der Waals surface area contributed by atoms with Gasteiger partial charge in [-0.25, -0.2) is 5.01 Å². The Morgan fingerprint density at radius 3 is 2.11 bits per heavy atom. The summed E-state index contributed by atoms with van der Waals surface area (Å²) in [5.41, 5.74) is 0.487. The molecule has 3 amide bonds. The van der Waals surface area contributed by atoms with Gasteiger partial charge in [-0.1, -0.05) is 54.1 Å². The van der Waals surface area contributed by atoms with Crippen LogP contribution >= 0.6 is 11.6 Å². The molecule has 0 bridgehead atoms. The normalized spacial score (nSPS) is 15.0. The topological polar surface area (TPSA) is 74.8 Å². The van der Waals surface area contributed by atoms with Crippen LogP contribution < -0.4 is 0 Å². The van der Waals surface area contributed by atoms with Crippen molar-refractivity contribution in [2.45, 2.75) is 25.8 Å². The zero-order valence-corrected chi connectivity index (χ0v) is 15.3. The van der Waals surface area contributed by atoms with Gasteiger partial charge < -0.3 is 0 Å². The van der Waals surface area contributed by atoms with Gasteiger partial charge >= 0.3 is 0 Å². The Balaban J connectivity index is 2.04. The molecule has 3 rings (SSSR count). The van der Waals surface area contributed by atoms with Crippen molar-refractivity contribution in [1.82, 2.24) is 10.0 Å². The predicted octanol–water partition coefficient (Wildman–Crippen LogP) is 3.12. The second-order valence-electron chi connectivity index (χ2n) is 6.14. The molecule has 1 saturated heterocycles. The van der Waals surface area contributed by atoms with Crippen molar-refractivity contribution in [3.05, 3.63) is 70.7 Å². The van der Waals surface area contributed by atoms with Gasteiger partial charge in [-0.05, 0) is 19.1 Å². The fraction of sp³-hybridized carbons (Fsp3) is 0.200. The largest absolute Gasteiger partial charge is 0.292 e. The molecule has 0 radical (unpaired) electrons. The first-order valence-electron chi connectivity index (χ1n) is 8.45. The molecule has 0 saturated carbocycles. The van der Waals surface area contributed by atoms with Gasteiger partial charge in [-0.15, -0.1) is 0 Å². The molecular formula is C20H17ClN2O4. The second kappa shape index (κ2) is 7.72. The lowest BCUT2D eigenvalue weighted by molar-refractivity contribution is -0.154. The number of carbonyl (C=O) groups excluding carboxylic acids is 4. The van der Waals surface area contributed by atoms with Crippen LogP contribution in [0.15, 0.2) is 54.6 Å². The van der Waals surface area contributed by atoms with Gasteiger partial charge in [0, 0.05) is 18.4 Å². The molecule has 0 N–H and O–H groups in total. The Morgan fingerprint density at radius 1 is 0.963 bits per heavy atom. The Bertz CT molecular complexity index is 897. The van der Waals surface area contributed by atoms with E-state index in [1.165, 1.54) is 19.1 Å². The van der Waals surface area contributed by atoms with Crippen LogP contribution in [0.4, 0.5) is 0 Å². The highest BCUT2D eigenvalue weighted by atomic mass is 35.5. The van der Waals surface area contributed by atoms with Crippen LogP contribution in [0.2, 0.25) is 5.02 Å². The standard InChI is InChI=1S/C20H17ClN2O4/c1-13(19(26)14-7-3-2-4-8-14)22(23-17(24)11-12-18(23)25)20(27)15-9-5-6-10-16(15)21/h2-10,13H,11-12H2,1H3/t13-/m0/s1. The number of hydrogen-bond acceptors (Lipinski definition) is 4. The molecule has 1 fully saturated rings. The van der Waals surface area contributed by atoms with E-state index in [2.05, 4.69) is 0 Å². The average Bonchev–Trinajstić information content (AvgIpc) is 3.01. The smallest absolute Gasteiger partial charge is 0.275 e. The fourth-order valence-corrected chi connectivity index (χ4v) is 3.17. The molecule has 138 valence electrons. The number of hydrazine groups is 1. The van der Waals surface area contributed by atoms with Crippen LogP contribution in [0.1, 0.15) is 40.5 Å². The van der Waals surface area contributed by atoms with Crippen molar-refractivity contribution in [2.24, 2.45) is 0 Å². The number of Topliss-reactive ketones (excluding diaryl/α,β-unsaturated/α-hetero) is 1. The van der Waals surface area contributed by atoms with Crippen LogP contribution in [0.5, 0.6) is 0 Å². The number of imide groups is 1. The number of benzene rings is 2. The Hall–Kier alpha value is -2.99. The summed E-state index contributed by atoms with van der Waals surface area (Å²) in [5.74, 6) is -2.11. The van der Waals surface area contributed by atoms with E-state index in [0.29, 0.717) is 5.56 Å². The summed E-state index contributed by atoms with van der Waals surface area (Å²) in [6, 6.07) is 13.6. The summed E-state index contributed by atoms with van der Waals surface area (Å²) in [6.07, 6.45) is -0.00519. The van der Waals surface area contributed by atoms with Crippen molar-refractivity contribution in [3.8, 4) is 0 Å². The number of rotatable bonds is 5. The van der Waals surface area contributed by atoms with Gasteiger partial charge in [0.15, 0.2) is 5.78 Å². The first-order chi connectivity index (χ1) is 12.9. The molecule has 0 spiro atoms. The molecule has 1 aliphatic heterocycles. The molecule has 2 aromatic rings. The van der Waals surface area contributed by atoms with Gasteiger partial charge in [0.1, 0.15) is 6.04 Å². The highest BCUT2D eigenvalue weighted by molar-refractivity contribution is 6.34. The molecule has 0 unspecified atom stereocenters. The summed E-state index contributed by atoms with van der Waals surface area (Å²) in [5, 5.41) is 1.87. The van der Waals surface area contributed by atoms with Crippen molar-refractivity contribution in [2.75, 3.05) is 0 Å². The van der Waals surface area contributed by atoms with Crippen molar-refractivity contribution in [1.29, 1.82) is 0 Å². The average molecular weight is 385 g/mol. The Labute approximate surface area is 161 Å². The number of nitrogens with zero attached hydrogens (tertiary/aromatic N) is 2. The molecule has 7 heteroatoms. The van der Waals surface area contributed by atoms with Gasteiger partial charge in [0.25, 0.3) is 5.91 Å². The molecule has 6 nitrogen and oxygen atoms in total. The monoisotopic (exact) mass is 384 g/mol. The molecule has 0 aromatic heterocycles. The molecule has 1 aliphatic rings. The maximum atomic E-state index is 13.2. The van der Waals surface area contributed by atoms with Crippen molar-refractivity contribution in [3.63, 3.8) is 0 Å². The van der Waals surface area contributed by atoms with E-state index in [1.54, 1.807) is 42.5 Å². The highest BCUT2D eigenvalue weighted by Crippen LogP contribution is 2.25. The van der Waals surface area contributed by atoms with Gasteiger partial charge in [-0.2, -0.15) is 5.01 Å². The van der Waals surface area contributed by atoms with E-state index in [-0.39, 0.29) is 29.2 Å². The highest BCUT2D eigenvalue weighted by Gasteiger charge is 2.42. The summed E-state index contributed by atoms with van der Waals surface area (Å²) < 4.78 is 0. The number of carbonyl (C=O) groups is 4. The molecule has 0 aliphatic carbocycles. The van der Waals surface area contributed by atoms with E-state index in [1.807, 2.05) is 0 Å². The molecular weight excluding hydrogens is 368 g/mol. The quantitative estimate of drug-likeness (QED) is 0.586. The Morgan fingerprint density at radius 2 is 1.52 bits per heavy atom. The van der Waals surface area contributed by atoms with E-state index in [4.69, 9.17) is 11.6 Å². The third-order valence-electron chi connectivity index (χ3n) is 4.36. The fourth-order valence-electron chi connectivity index (χ4n) is 2.96. The Kier molecular flexibility index (Phi) is 5.37. The number of hydrogen-bond donors (Lipinski definition) is 0. The number of halogens is 1. The summed E-state index contributed by atoms with van der Waals surface area (Å²) >= 11 is 6.12. The summed E-state index contributed by atoms with van der Waals surface area (Å²) in [4.78, 5) is 50.6. The van der Waals surface area contributed by atoms with Crippen LogP contribution in [-0.4, -0.2) is 39.6 Å². The molecule has 1 atom stereocenters. The zero-order chi connectivity index (χ0) is 19.6. The lowest BCUT2D eigenvalue weighted by atomic mass is 10.0. The summed E-state index contributed by atoms with van der Waals surface area (Å²) in [6.45, 7) is 1.49. The van der Waals surface area contributed by atoms with E-state index in [0.717, 1.165) is 10.0 Å². The maximum Gasteiger partial charge on any atom is 0.275 e. The molecule has 27 heavy (non-hydrogen) atoms. The maximum absolute atomic E-state index is 13.2. The van der Waals surface area contributed by atoms with Crippen molar-refractivity contribution < 1.29 is 19.2 Å². The van der Waals surface area contributed by atoms with Crippen LogP contribution in [0.3, 0.4) is 0 Å². The minimum absolute atomic E-state index is 0.00260. The van der Waals surface area contributed by atoms with Crippen LogP contribution in [0, 0.1) is 0 Å². The molecule has 2 aromatic carbocycles. The SMILES string of the molecule is C[C@@H](C(=O)c1ccccc1)N(C(=O)c1ccccc1Cl)N1C(=O)CCC1=O. The minimum atomic E-state index is -1.07. The molecule has 1 heterocycles. The second-order valence-corrected chi connectivity index (χ2v) is 6.54. The zero-order valence-electron chi connectivity index (χ0n) is 14.6. The number of ketones is 1. The van der Waals surface area contributed by atoms with Gasteiger partial charge in [0.2, 0.25) is 11.8 Å². The number of amides is 3. The first-order valence-corrected chi connectivity index (χ1v) is 8.82. The summed E-state index contributed by atoms with van der Waals surface area (Å²) in [7, 11) is 0. The third-order valence-corrected chi connectivity index (χ3v) is 4.69. The van der Waals surface area contributed by atoms with Gasteiger partial charge in [0.05, 0.1) is 10.6 Å². The lowest BCUT2D eigenvalue weighted by Crippen LogP contribution is -2.56. The van der Waals surface area contributed by atoms with Crippen LogP contribution in [-0.2, 0) is 9.59 Å². The van der Waals surface area contributed by atoms with E-state index < -0.39 is 23.8 Å². The van der Waals surface area contributed by atoms with Gasteiger partial charge in [-0.3, -0.25) is 19.2 Å². The third kappa shape index (κ3) is 3.61. The minimum Gasteiger partial charge on any atom is -0.292 e. The van der Waals surface area contributed by atoms with Crippen LogP contribution in [0.25, 0.3) is 0 Å². The first kappa shape index (κ1) is 18.8. The lowest BCUT2D eigenvalue weighted by Gasteiger charge is -2.34. The predicted molar refractivity (Wildman–Crippen MR) is 98.9 cm³/mol. The van der Waals surface area contributed by atoms with Crippen molar-refractivity contribution >= 4 is 35.1 Å².